The number of hydrogen-bond acceptors (Lipinski definition) is 9. The van der Waals surface area contributed by atoms with Gasteiger partial charge < -0.3 is 15.7 Å². The van der Waals surface area contributed by atoms with Crippen LogP contribution in [-0.2, 0) is 41.8 Å². The van der Waals surface area contributed by atoms with E-state index in [-0.39, 0.29) is 24.7 Å². The van der Waals surface area contributed by atoms with E-state index >= 15 is 0 Å². The Bertz CT molecular complexity index is 1650. The minimum atomic E-state index is -0.732. The second kappa shape index (κ2) is 16.6. The molecule has 5 rings (SSSR count). The maximum absolute atomic E-state index is 12.7. The van der Waals surface area contributed by atoms with E-state index in [1.165, 1.54) is 11.3 Å². The van der Waals surface area contributed by atoms with Gasteiger partial charge in [-0.3, -0.25) is 14.9 Å². The van der Waals surface area contributed by atoms with Crippen molar-refractivity contribution in [2.75, 3.05) is 10.6 Å². The number of benzene rings is 2. The molecule has 2 aromatic carbocycles. The van der Waals surface area contributed by atoms with E-state index < -0.39 is 6.23 Å². The number of nitrogens with zero attached hydrogens (tertiary/aromatic N) is 4. The van der Waals surface area contributed by atoms with Gasteiger partial charge in [0.2, 0.25) is 16.9 Å². The number of nitrogens with one attached hydrogen (secondary N) is 3. The number of rotatable bonds is 15. The lowest BCUT2D eigenvalue weighted by Gasteiger charge is -2.19. The first-order chi connectivity index (χ1) is 22.4. The van der Waals surface area contributed by atoms with Crippen LogP contribution < -0.4 is 16.0 Å². The van der Waals surface area contributed by atoms with Crippen LogP contribution in [-0.4, -0.2) is 43.5 Å². The smallest absolute Gasteiger partial charge is 0.230 e. The molecule has 0 saturated heterocycles. The van der Waals surface area contributed by atoms with Gasteiger partial charge in [-0.2, -0.15) is 5.10 Å². The first kappa shape index (κ1) is 32.8. The van der Waals surface area contributed by atoms with Gasteiger partial charge in [0.25, 0.3) is 0 Å². The molecular weight excluding hydrogens is 598 g/mol. The minimum absolute atomic E-state index is 0.129. The molecule has 0 saturated carbocycles. The number of anilines is 2. The zero-order valence-electron chi connectivity index (χ0n) is 25.9. The van der Waals surface area contributed by atoms with Gasteiger partial charge in [0.05, 0.1) is 18.5 Å². The molecular formula is C35H39N7O3S. The number of aromatic nitrogens is 4. The summed E-state index contributed by atoms with van der Waals surface area (Å²) in [6, 6.07) is 21.0. The molecule has 0 spiro atoms. The normalized spacial score (nSPS) is 14.8. The molecule has 4 N–H and O–H groups in total. The quantitative estimate of drug-likeness (QED) is 0.103. The summed E-state index contributed by atoms with van der Waals surface area (Å²) in [5, 5.41) is 37.4. The van der Waals surface area contributed by atoms with E-state index in [4.69, 9.17) is 0 Å². The summed E-state index contributed by atoms with van der Waals surface area (Å²) in [5.74, 6) is 0.572. The fourth-order valence-corrected chi connectivity index (χ4v) is 5.90. The van der Waals surface area contributed by atoms with Crippen LogP contribution in [0.2, 0.25) is 0 Å². The fraction of sp³-hybridized carbons (Fsp3) is 0.314. The Kier molecular flexibility index (Phi) is 11.9. The Labute approximate surface area is 273 Å². The summed E-state index contributed by atoms with van der Waals surface area (Å²) in [4.78, 5) is 24.9. The summed E-state index contributed by atoms with van der Waals surface area (Å²) < 4.78 is 0. The van der Waals surface area contributed by atoms with Gasteiger partial charge in [-0.05, 0) is 66.0 Å². The molecule has 2 aromatic heterocycles. The molecule has 0 radical (unpaired) electrons. The van der Waals surface area contributed by atoms with Crippen molar-refractivity contribution < 1.29 is 14.7 Å². The van der Waals surface area contributed by atoms with Crippen LogP contribution in [0.25, 0.3) is 0 Å². The summed E-state index contributed by atoms with van der Waals surface area (Å²) in [6.07, 6.45) is 10.2. The van der Waals surface area contributed by atoms with Gasteiger partial charge in [-0.15, -0.1) is 15.3 Å². The van der Waals surface area contributed by atoms with Gasteiger partial charge >= 0.3 is 0 Å². The van der Waals surface area contributed by atoms with E-state index in [0.29, 0.717) is 23.4 Å². The highest BCUT2D eigenvalue weighted by atomic mass is 32.1. The zero-order chi connectivity index (χ0) is 32.1. The van der Waals surface area contributed by atoms with Gasteiger partial charge in [-0.1, -0.05) is 91.1 Å². The molecule has 2 amide bonds. The lowest BCUT2D eigenvalue weighted by atomic mass is 9.97. The highest BCUT2D eigenvalue weighted by Gasteiger charge is 2.13. The van der Waals surface area contributed by atoms with Gasteiger partial charge in [-0.25, -0.2) is 0 Å². The molecule has 2 heterocycles. The van der Waals surface area contributed by atoms with Crippen molar-refractivity contribution in [1.29, 1.82) is 0 Å². The highest BCUT2D eigenvalue weighted by molar-refractivity contribution is 7.15. The molecule has 2 unspecified atom stereocenters. The number of aliphatic hydroxyl groups is 1. The first-order valence-electron chi connectivity index (χ1n) is 15.6. The van der Waals surface area contributed by atoms with E-state index in [0.717, 1.165) is 65.1 Å². The Hall–Kier alpha value is -4.58. The van der Waals surface area contributed by atoms with Crippen LogP contribution in [0, 0.1) is 5.92 Å². The first-order valence-corrected chi connectivity index (χ1v) is 16.4. The van der Waals surface area contributed by atoms with Gasteiger partial charge in [0.15, 0.2) is 5.82 Å². The standard InChI is InChI=1S/C35H39N7O3S/c1-24-9-7-14-28(19-24)34(45)36-23-27-13-8-12-26(20-27)22-32(44)38-35-42-41-33(46-35)16-6-5-15-29-17-18-30(40-39-29)37-31(43)21-25-10-3-2-4-11-25/h2-4,7-8,10-14,17-20,24,34,36,45H,5-6,9,15-16,21-23H2,1H3,(H,37,40,43)(H,38,42,44). The van der Waals surface area contributed by atoms with Crippen molar-refractivity contribution in [1.82, 2.24) is 25.7 Å². The van der Waals surface area contributed by atoms with Crippen LogP contribution in [0.1, 0.15) is 53.6 Å². The third-order valence-electron chi connectivity index (χ3n) is 7.45. The molecule has 1 aliphatic carbocycles. The summed E-state index contributed by atoms with van der Waals surface area (Å²) >= 11 is 1.38. The Morgan fingerprint density at radius 2 is 1.63 bits per heavy atom. The third-order valence-corrected chi connectivity index (χ3v) is 8.35. The lowest BCUT2D eigenvalue weighted by Crippen LogP contribution is -2.30. The largest absolute Gasteiger partial charge is 0.374 e. The predicted octanol–water partition coefficient (Wildman–Crippen LogP) is 5.19. The molecule has 0 aliphatic heterocycles. The summed E-state index contributed by atoms with van der Waals surface area (Å²) in [6.45, 7) is 2.62. The number of amides is 2. The average molecular weight is 638 g/mol. The molecule has 1 aliphatic rings. The molecule has 0 fully saturated rings. The number of hydrogen-bond donors (Lipinski definition) is 4. The lowest BCUT2D eigenvalue weighted by molar-refractivity contribution is -0.116. The van der Waals surface area contributed by atoms with Crippen LogP contribution in [0.15, 0.2) is 90.5 Å². The second-order valence-corrected chi connectivity index (χ2v) is 12.5. The zero-order valence-corrected chi connectivity index (χ0v) is 26.7. The van der Waals surface area contributed by atoms with E-state index in [9.17, 15) is 14.7 Å². The molecule has 4 aromatic rings. The maximum atomic E-state index is 12.7. The van der Waals surface area contributed by atoms with E-state index in [1.807, 2.05) is 66.7 Å². The maximum Gasteiger partial charge on any atom is 0.230 e. The number of allylic oxidation sites excluding steroid dienone is 2. The van der Waals surface area contributed by atoms with Crippen molar-refractivity contribution >= 4 is 34.1 Å². The van der Waals surface area contributed by atoms with Crippen molar-refractivity contribution in [2.24, 2.45) is 5.92 Å². The third kappa shape index (κ3) is 10.5. The Morgan fingerprint density at radius 1 is 0.870 bits per heavy atom. The van der Waals surface area contributed by atoms with Crippen LogP contribution in [0.4, 0.5) is 10.9 Å². The molecule has 46 heavy (non-hydrogen) atoms. The van der Waals surface area contributed by atoms with Crippen LogP contribution in [0.3, 0.4) is 0 Å². The van der Waals surface area contributed by atoms with Gasteiger partial charge in [0, 0.05) is 13.0 Å². The minimum Gasteiger partial charge on any atom is -0.374 e. The number of aliphatic hydroxyl groups excluding tert-OH is 1. The second-order valence-electron chi connectivity index (χ2n) is 11.4. The summed E-state index contributed by atoms with van der Waals surface area (Å²) in [5.41, 5.74) is 4.55. The van der Waals surface area contributed by atoms with Gasteiger partial charge in [0.1, 0.15) is 11.2 Å². The fourth-order valence-electron chi connectivity index (χ4n) is 5.10. The molecule has 10 nitrogen and oxygen atoms in total. The van der Waals surface area contributed by atoms with Crippen molar-refractivity contribution in [3.63, 3.8) is 0 Å². The van der Waals surface area contributed by atoms with Crippen molar-refractivity contribution in [2.45, 2.75) is 64.6 Å². The average Bonchev–Trinajstić information content (AvgIpc) is 3.50. The molecule has 238 valence electrons. The summed E-state index contributed by atoms with van der Waals surface area (Å²) in [7, 11) is 0. The molecule has 0 bridgehead atoms. The van der Waals surface area contributed by atoms with E-state index in [2.05, 4.69) is 55.4 Å². The molecule has 11 heteroatoms. The van der Waals surface area contributed by atoms with Crippen LogP contribution >= 0.6 is 11.3 Å². The van der Waals surface area contributed by atoms with Crippen LogP contribution in [0.5, 0.6) is 0 Å². The topological polar surface area (TPSA) is 142 Å². The SMILES string of the molecule is CC1C=C(C(O)NCc2cccc(CC(=O)Nc3nnc(CCCCc4ccc(NC(=O)Cc5ccccc5)nn4)s3)c2)C=CC1. The highest BCUT2D eigenvalue weighted by Crippen LogP contribution is 2.20. The van der Waals surface area contributed by atoms with E-state index in [1.54, 1.807) is 6.07 Å². The predicted molar refractivity (Wildman–Crippen MR) is 180 cm³/mol. The number of carbonyl (C=O) groups excluding carboxylic acids is 2. The van der Waals surface area contributed by atoms with Crippen molar-refractivity contribution in [3.8, 4) is 0 Å². The number of unbranched alkanes of at least 4 members (excludes halogenated alkanes) is 1. The molecule has 2 atom stereocenters. The number of carbonyl (C=O) groups is 2. The Balaban J connectivity index is 0.992. The Morgan fingerprint density at radius 3 is 2.43 bits per heavy atom. The van der Waals surface area contributed by atoms with Crippen molar-refractivity contribution in [3.05, 3.63) is 118 Å². The monoisotopic (exact) mass is 637 g/mol. The number of aryl methyl sites for hydroxylation is 2.